The van der Waals surface area contributed by atoms with Crippen LogP contribution in [0.2, 0.25) is 5.02 Å². The molecule has 0 fully saturated rings. The van der Waals surface area contributed by atoms with Gasteiger partial charge in [-0.3, -0.25) is 4.79 Å². The summed E-state index contributed by atoms with van der Waals surface area (Å²) in [5.41, 5.74) is 6.06. The van der Waals surface area contributed by atoms with Crippen molar-refractivity contribution >= 4 is 39.9 Å². The first-order chi connectivity index (χ1) is 15.0. The van der Waals surface area contributed by atoms with Crippen LogP contribution >= 0.6 is 22.9 Å². The second-order valence-corrected chi connectivity index (χ2v) is 9.45. The van der Waals surface area contributed by atoms with Gasteiger partial charge in [-0.15, -0.1) is 11.3 Å². The van der Waals surface area contributed by atoms with E-state index in [4.69, 9.17) is 21.3 Å². The maximum absolute atomic E-state index is 12.5. The van der Waals surface area contributed by atoms with Crippen LogP contribution in [0, 0.1) is 13.8 Å². The molecule has 0 bridgehead atoms. The molecule has 0 unspecified atom stereocenters. The van der Waals surface area contributed by atoms with Gasteiger partial charge in [0.1, 0.15) is 17.4 Å². The average molecular weight is 452 g/mol. The van der Waals surface area contributed by atoms with E-state index in [2.05, 4.69) is 15.6 Å². The van der Waals surface area contributed by atoms with Crippen LogP contribution in [0.1, 0.15) is 33.9 Å². The van der Waals surface area contributed by atoms with Crippen LogP contribution < -0.4 is 0 Å². The molecule has 1 aliphatic rings. The van der Waals surface area contributed by atoms with Crippen molar-refractivity contribution in [3.05, 3.63) is 68.9 Å². The van der Waals surface area contributed by atoms with Crippen LogP contribution in [0.25, 0.3) is 21.6 Å². The quantitative estimate of drug-likeness (QED) is 0.367. The summed E-state index contributed by atoms with van der Waals surface area (Å²) in [7, 11) is 0. The number of benzene rings is 2. The van der Waals surface area contributed by atoms with Crippen LogP contribution in [-0.2, 0) is 35.5 Å². The lowest BCUT2D eigenvalue weighted by molar-refractivity contribution is -0.144. The molecule has 5 nitrogen and oxygen atoms in total. The second-order valence-electron chi connectivity index (χ2n) is 7.93. The molecular formula is C24H22ClN3O2S. The van der Waals surface area contributed by atoms with Crippen molar-refractivity contribution in [2.45, 2.75) is 46.3 Å². The molecule has 5 rings (SSSR count). The van der Waals surface area contributed by atoms with Crippen LogP contribution in [0.4, 0.5) is 0 Å². The number of aromatic nitrogens is 3. The van der Waals surface area contributed by atoms with Crippen molar-refractivity contribution in [1.82, 2.24) is 14.5 Å². The van der Waals surface area contributed by atoms with Gasteiger partial charge in [0.15, 0.2) is 0 Å². The minimum absolute atomic E-state index is 0.219. The first-order valence-corrected chi connectivity index (χ1v) is 11.5. The van der Waals surface area contributed by atoms with E-state index in [9.17, 15) is 4.79 Å². The summed E-state index contributed by atoms with van der Waals surface area (Å²) < 4.78 is 7.83. The fraction of sp³-hybridized carbons (Fsp3) is 0.292. The number of hydrogen-bond donors (Lipinski definition) is 0. The van der Waals surface area contributed by atoms with Crippen molar-refractivity contribution in [2.24, 2.45) is 0 Å². The molecule has 0 amide bonds. The molecule has 0 radical (unpaired) electrons. The molecule has 0 N–H and O–H groups in total. The molecule has 31 heavy (non-hydrogen) atoms. The summed E-state index contributed by atoms with van der Waals surface area (Å²) in [6, 6.07) is 11.9. The summed E-state index contributed by atoms with van der Waals surface area (Å²) in [6.45, 7) is 5.22. The van der Waals surface area contributed by atoms with Gasteiger partial charge in [-0.2, -0.15) is 0 Å². The van der Waals surface area contributed by atoms with Gasteiger partial charge < -0.3 is 9.30 Å². The van der Waals surface area contributed by atoms with Crippen molar-refractivity contribution in [1.29, 1.82) is 0 Å². The Balaban J connectivity index is 1.26. The van der Waals surface area contributed by atoms with Gasteiger partial charge in [0.2, 0.25) is 0 Å². The van der Waals surface area contributed by atoms with E-state index in [0.29, 0.717) is 5.02 Å². The van der Waals surface area contributed by atoms with Crippen molar-refractivity contribution in [3.63, 3.8) is 0 Å². The van der Waals surface area contributed by atoms with Gasteiger partial charge in [-0.25, -0.2) is 9.97 Å². The van der Waals surface area contributed by atoms with Crippen LogP contribution in [0.3, 0.4) is 0 Å². The SMILES string of the molecule is Cc1cc(Cl)ccc1-c1nc(C)c(CC(=O)OCc2ccc3c(c2)nc2n3CCC2)s1. The summed E-state index contributed by atoms with van der Waals surface area (Å²) in [6.07, 6.45) is 2.41. The van der Waals surface area contributed by atoms with Crippen molar-refractivity contribution < 1.29 is 9.53 Å². The number of halogens is 1. The molecular weight excluding hydrogens is 430 g/mol. The topological polar surface area (TPSA) is 57.0 Å². The fourth-order valence-corrected chi connectivity index (χ4v) is 5.44. The second kappa shape index (κ2) is 8.09. The van der Waals surface area contributed by atoms with E-state index in [1.165, 1.54) is 11.3 Å². The Bertz CT molecular complexity index is 1310. The third-order valence-corrected chi connectivity index (χ3v) is 7.12. The fourth-order valence-electron chi connectivity index (χ4n) is 4.07. The lowest BCUT2D eigenvalue weighted by Gasteiger charge is -2.05. The Hall–Kier alpha value is -2.70. The van der Waals surface area contributed by atoms with Crippen molar-refractivity contribution in [3.8, 4) is 10.6 Å². The zero-order valence-electron chi connectivity index (χ0n) is 17.4. The maximum atomic E-state index is 12.5. The molecule has 2 aromatic heterocycles. The Kier molecular flexibility index (Phi) is 5.28. The minimum atomic E-state index is -0.251. The number of imidazole rings is 1. The third kappa shape index (κ3) is 3.98. The molecule has 0 saturated heterocycles. The smallest absolute Gasteiger partial charge is 0.311 e. The summed E-state index contributed by atoms with van der Waals surface area (Å²) in [5, 5.41) is 1.60. The predicted molar refractivity (Wildman–Crippen MR) is 124 cm³/mol. The van der Waals surface area contributed by atoms with Gasteiger partial charge >= 0.3 is 5.97 Å². The molecule has 0 aliphatic carbocycles. The highest BCUT2D eigenvalue weighted by molar-refractivity contribution is 7.15. The highest BCUT2D eigenvalue weighted by Crippen LogP contribution is 2.32. The number of fused-ring (bicyclic) bond motifs is 3. The molecule has 7 heteroatoms. The van der Waals surface area contributed by atoms with Gasteiger partial charge in [0, 0.05) is 28.4 Å². The minimum Gasteiger partial charge on any atom is -0.461 e. The summed E-state index contributed by atoms with van der Waals surface area (Å²) >= 11 is 7.59. The Morgan fingerprint density at radius 3 is 2.90 bits per heavy atom. The standard InChI is InChI=1S/C24H22ClN3O2S/c1-14-10-17(25)6-7-18(14)24-26-15(2)21(31-24)12-23(29)30-13-16-5-8-20-19(11-16)27-22-4-3-9-28(20)22/h5-8,10-11H,3-4,9,12-13H2,1-2H3. The number of aryl methyl sites for hydroxylation is 4. The number of ether oxygens (including phenoxy) is 1. The van der Waals surface area contributed by atoms with Gasteiger partial charge in [-0.05, 0) is 55.7 Å². The molecule has 1 aliphatic heterocycles. The highest BCUT2D eigenvalue weighted by Gasteiger charge is 2.17. The first kappa shape index (κ1) is 20.2. The van der Waals surface area contributed by atoms with Gasteiger partial charge in [0.05, 0.1) is 23.1 Å². The number of nitrogens with zero attached hydrogens (tertiary/aromatic N) is 3. The third-order valence-electron chi connectivity index (χ3n) is 5.69. The lowest BCUT2D eigenvalue weighted by atomic mass is 10.1. The number of esters is 1. The van der Waals surface area contributed by atoms with Crippen LogP contribution in [0.15, 0.2) is 36.4 Å². The Morgan fingerprint density at radius 1 is 1.19 bits per heavy atom. The normalized spacial score (nSPS) is 13.0. The van der Waals surface area contributed by atoms with Gasteiger partial charge in [0.25, 0.3) is 0 Å². The molecule has 158 valence electrons. The van der Waals surface area contributed by atoms with E-state index < -0.39 is 0 Å². The van der Waals surface area contributed by atoms with E-state index in [1.807, 2.05) is 44.2 Å². The number of rotatable bonds is 5. The zero-order valence-corrected chi connectivity index (χ0v) is 19.0. The summed E-state index contributed by atoms with van der Waals surface area (Å²) in [4.78, 5) is 22.8. The Labute approximate surface area is 189 Å². The highest BCUT2D eigenvalue weighted by atomic mass is 35.5. The maximum Gasteiger partial charge on any atom is 0.311 e. The molecule has 0 spiro atoms. The summed E-state index contributed by atoms with van der Waals surface area (Å²) in [5.74, 6) is 0.898. The number of thiazole rings is 1. The largest absolute Gasteiger partial charge is 0.461 e. The average Bonchev–Trinajstić information content (AvgIpc) is 3.41. The number of carbonyl (C=O) groups is 1. The van der Waals surface area contributed by atoms with Gasteiger partial charge in [-0.1, -0.05) is 23.7 Å². The molecule has 0 saturated carbocycles. The van der Waals surface area contributed by atoms with Crippen LogP contribution in [0.5, 0.6) is 0 Å². The van der Waals surface area contributed by atoms with E-state index >= 15 is 0 Å². The Morgan fingerprint density at radius 2 is 2.06 bits per heavy atom. The monoisotopic (exact) mass is 451 g/mol. The molecule has 4 aromatic rings. The van der Waals surface area contributed by atoms with E-state index in [0.717, 1.165) is 68.5 Å². The van der Waals surface area contributed by atoms with E-state index in [-0.39, 0.29) is 19.0 Å². The van der Waals surface area contributed by atoms with Crippen LogP contribution in [-0.4, -0.2) is 20.5 Å². The molecule has 2 aromatic carbocycles. The first-order valence-electron chi connectivity index (χ1n) is 10.3. The zero-order chi connectivity index (χ0) is 21.5. The number of hydrogen-bond acceptors (Lipinski definition) is 5. The van der Waals surface area contributed by atoms with E-state index in [1.54, 1.807) is 0 Å². The molecule has 0 atom stereocenters. The van der Waals surface area contributed by atoms with Crippen molar-refractivity contribution in [2.75, 3.05) is 0 Å². The lowest BCUT2D eigenvalue weighted by Crippen LogP contribution is -2.07. The molecule has 3 heterocycles. The number of carbonyl (C=O) groups excluding carboxylic acids is 1. The predicted octanol–water partition coefficient (Wildman–Crippen LogP) is 5.66.